The number of nitrogens with one attached hydrogen (secondary N) is 1. The normalized spacial score (nSPS) is 14.3. The van der Waals surface area contributed by atoms with Crippen LogP contribution in [0.3, 0.4) is 0 Å². The summed E-state index contributed by atoms with van der Waals surface area (Å²) >= 11 is 0. The van der Waals surface area contributed by atoms with E-state index in [1.54, 1.807) is 26.2 Å². The van der Waals surface area contributed by atoms with Gasteiger partial charge in [-0.1, -0.05) is 0 Å². The molecule has 0 saturated heterocycles. The quantitative estimate of drug-likeness (QED) is 0.709. The Morgan fingerprint density at radius 2 is 1.82 bits per heavy atom. The molecule has 1 aliphatic carbocycles. The summed E-state index contributed by atoms with van der Waals surface area (Å²) < 4.78 is 0. The van der Waals surface area contributed by atoms with Crippen LogP contribution in [0.4, 0.5) is 5.82 Å². The minimum atomic E-state index is -0.791. The number of carbonyl (C=O) groups excluding carboxylic acids is 1. The Hall–Kier alpha value is -2.86. The van der Waals surface area contributed by atoms with Gasteiger partial charge >= 0.3 is 0 Å². The Balaban J connectivity index is 1.59. The number of aryl methyl sites for hydroxylation is 1. The standard InChI is InChI=1S/C22H24N4O2/c1-13-6-17(9-22(2,3)28)23-12-18(13)19-7-15-11-25-20(8-16(15)10-24-19)26-21(27)14-4-5-14/h6-8,10-12,14,28H,4-5,9H2,1-3H3,(H,25,26,27). The molecule has 0 unspecified atom stereocenters. The van der Waals surface area contributed by atoms with Crippen molar-refractivity contribution in [3.63, 3.8) is 0 Å². The van der Waals surface area contributed by atoms with Crippen molar-refractivity contribution in [1.82, 2.24) is 15.0 Å². The van der Waals surface area contributed by atoms with Gasteiger partial charge in [0.05, 0.1) is 11.3 Å². The first-order valence-corrected chi connectivity index (χ1v) is 9.53. The Morgan fingerprint density at radius 3 is 2.50 bits per heavy atom. The van der Waals surface area contributed by atoms with E-state index in [2.05, 4.69) is 20.3 Å². The number of aromatic nitrogens is 3. The highest BCUT2D eigenvalue weighted by Crippen LogP contribution is 2.30. The van der Waals surface area contributed by atoms with Crippen LogP contribution in [0.2, 0.25) is 0 Å². The number of rotatable bonds is 5. The monoisotopic (exact) mass is 376 g/mol. The number of nitrogens with zero attached hydrogens (tertiary/aromatic N) is 3. The van der Waals surface area contributed by atoms with Gasteiger partial charge in [0.15, 0.2) is 0 Å². The predicted octanol–water partition coefficient (Wildman–Crippen LogP) is 3.66. The molecule has 0 atom stereocenters. The summed E-state index contributed by atoms with van der Waals surface area (Å²) in [6.45, 7) is 5.57. The average Bonchev–Trinajstić information content (AvgIpc) is 3.45. The van der Waals surface area contributed by atoms with E-state index < -0.39 is 5.60 Å². The highest BCUT2D eigenvalue weighted by atomic mass is 16.3. The highest BCUT2D eigenvalue weighted by molar-refractivity contribution is 5.95. The minimum Gasteiger partial charge on any atom is -0.390 e. The molecule has 0 aliphatic heterocycles. The molecule has 1 aliphatic rings. The Morgan fingerprint density at radius 1 is 1.11 bits per heavy atom. The molecule has 2 N–H and O–H groups in total. The first kappa shape index (κ1) is 18.5. The van der Waals surface area contributed by atoms with Crippen molar-refractivity contribution >= 4 is 22.5 Å². The number of aliphatic hydroxyl groups is 1. The molecule has 1 fully saturated rings. The van der Waals surface area contributed by atoms with E-state index in [1.807, 2.05) is 31.3 Å². The molecule has 6 heteroatoms. The summed E-state index contributed by atoms with van der Waals surface area (Å²) in [7, 11) is 0. The van der Waals surface area contributed by atoms with Crippen molar-refractivity contribution in [2.24, 2.45) is 5.92 Å². The second-order valence-electron chi connectivity index (χ2n) is 8.23. The number of hydrogen-bond donors (Lipinski definition) is 2. The SMILES string of the molecule is Cc1cc(CC(C)(C)O)ncc1-c1cc2cnc(NC(=O)C3CC3)cc2cn1. The van der Waals surface area contributed by atoms with Crippen LogP contribution in [-0.2, 0) is 11.2 Å². The van der Waals surface area contributed by atoms with Gasteiger partial charge in [0, 0.05) is 53.0 Å². The maximum absolute atomic E-state index is 11.9. The summed E-state index contributed by atoms with van der Waals surface area (Å²) in [6.07, 6.45) is 7.79. The van der Waals surface area contributed by atoms with E-state index in [0.29, 0.717) is 12.2 Å². The minimum absolute atomic E-state index is 0.0456. The van der Waals surface area contributed by atoms with E-state index >= 15 is 0 Å². The van der Waals surface area contributed by atoms with Gasteiger partial charge in [-0.05, 0) is 57.4 Å². The fourth-order valence-electron chi connectivity index (χ4n) is 3.25. The van der Waals surface area contributed by atoms with Crippen molar-refractivity contribution in [1.29, 1.82) is 0 Å². The van der Waals surface area contributed by atoms with E-state index in [4.69, 9.17) is 0 Å². The Labute approximate surface area is 164 Å². The maximum Gasteiger partial charge on any atom is 0.228 e. The molecule has 0 radical (unpaired) electrons. The van der Waals surface area contributed by atoms with Gasteiger partial charge in [-0.2, -0.15) is 0 Å². The molecule has 0 bridgehead atoms. The molecule has 4 rings (SSSR count). The molecule has 0 aromatic carbocycles. The zero-order valence-electron chi connectivity index (χ0n) is 16.4. The molecule has 144 valence electrons. The molecule has 1 saturated carbocycles. The summed E-state index contributed by atoms with van der Waals surface area (Å²) in [5, 5.41) is 14.7. The van der Waals surface area contributed by atoms with Gasteiger partial charge in [-0.3, -0.25) is 14.8 Å². The van der Waals surface area contributed by atoms with Crippen molar-refractivity contribution in [3.05, 3.63) is 48.0 Å². The Bertz CT molecular complexity index is 1050. The number of anilines is 1. The lowest BCUT2D eigenvalue weighted by Crippen LogP contribution is -2.22. The molecular weight excluding hydrogens is 352 g/mol. The van der Waals surface area contributed by atoms with Crippen molar-refractivity contribution in [2.45, 2.75) is 45.6 Å². The summed E-state index contributed by atoms with van der Waals surface area (Å²) in [5.74, 6) is 0.755. The molecule has 28 heavy (non-hydrogen) atoms. The molecule has 0 spiro atoms. The molecule has 3 aromatic rings. The fourth-order valence-corrected chi connectivity index (χ4v) is 3.25. The zero-order valence-corrected chi connectivity index (χ0v) is 16.4. The van der Waals surface area contributed by atoms with Gasteiger partial charge in [0.2, 0.25) is 5.91 Å². The molecule has 6 nitrogen and oxygen atoms in total. The maximum atomic E-state index is 11.9. The van der Waals surface area contributed by atoms with Crippen molar-refractivity contribution in [3.8, 4) is 11.3 Å². The summed E-state index contributed by atoms with van der Waals surface area (Å²) in [5.41, 5.74) is 2.89. The second-order valence-corrected chi connectivity index (χ2v) is 8.23. The van der Waals surface area contributed by atoms with Gasteiger partial charge in [-0.15, -0.1) is 0 Å². The van der Waals surface area contributed by atoms with E-state index in [-0.39, 0.29) is 11.8 Å². The van der Waals surface area contributed by atoms with Crippen LogP contribution in [0.1, 0.15) is 37.9 Å². The molecule has 1 amide bonds. The van der Waals surface area contributed by atoms with E-state index in [9.17, 15) is 9.90 Å². The van der Waals surface area contributed by atoms with Crippen molar-refractivity contribution in [2.75, 3.05) is 5.32 Å². The van der Waals surface area contributed by atoms with Crippen LogP contribution in [0.5, 0.6) is 0 Å². The fraction of sp³-hybridized carbons (Fsp3) is 0.364. The summed E-state index contributed by atoms with van der Waals surface area (Å²) in [6, 6.07) is 5.83. The third kappa shape index (κ3) is 4.17. The number of fused-ring (bicyclic) bond motifs is 1. The lowest BCUT2D eigenvalue weighted by atomic mass is 9.99. The summed E-state index contributed by atoms with van der Waals surface area (Å²) in [4.78, 5) is 25.3. The number of pyridine rings is 3. The highest BCUT2D eigenvalue weighted by Gasteiger charge is 2.29. The topological polar surface area (TPSA) is 88.0 Å². The van der Waals surface area contributed by atoms with Gasteiger partial charge in [-0.25, -0.2) is 4.98 Å². The van der Waals surface area contributed by atoms with Crippen molar-refractivity contribution < 1.29 is 9.90 Å². The molecule has 3 heterocycles. The molecule has 3 aromatic heterocycles. The van der Waals surface area contributed by atoms with Crippen LogP contribution < -0.4 is 5.32 Å². The number of amides is 1. The number of hydrogen-bond acceptors (Lipinski definition) is 5. The van der Waals surface area contributed by atoms with Gasteiger partial charge in [0.25, 0.3) is 0 Å². The van der Waals surface area contributed by atoms with Crippen LogP contribution in [0, 0.1) is 12.8 Å². The van der Waals surface area contributed by atoms with Gasteiger partial charge in [0.1, 0.15) is 5.82 Å². The van der Waals surface area contributed by atoms with E-state index in [1.165, 1.54) is 0 Å². The number of carbonyl (C=O) groups is 1. The van der Waals surface area contributed by atoms with Crippen LogP contribution in [-0.4, -0.2) is 31.6 Å². The van der Waals surface area contributed by atoms with Crippen LogP contribution in [0.15, 0.2) is 36.8 Å². The lowest BCUT2D eigenvalue weighted by Gasteiger charge is -2.17. The first-order chi connectivity index (χ1) is 13.3. The lowest BCUT2D eigenvalue weighted by molar-refractivity contribution is -0.117. The average molecular weight is 376 g/mol. The Kier molecular flexibility index (Phi) is 4.59. The molecular formula is C22H24N4O2. The second kappa shape index (κ2) is 6.95. The third-order valence-electron chi connectivity index (χ3n) is 4.86. The largest absolute Gasteiger partial charge is 0.390 e. The third-order valence-corrected chi connectivity index (χ3v) is 4.86. The van der Waals surface area contributed by atoms with Crippen LogP contribution >= 0.6 is 0 Å². The zero-order chi connectivity index (χ0) is 19.9. The predicted molar refractivity (Wildman–Crippen MR) is 109 cm³/mol. The first-order valence-electron chi connectivity index (χ1n) is 9.53. The van der Waals surface area contributed by atoms with Crippen LogP contribution in [0.25, 0.3) is 22.0 Å². The van der Waals surface area contributed by atoms with E-state index in [0.717, 1.165) is 46.1 Å². The smallest absolute Gasteiger partial charge is 0.228 e. The van der Waals surface area contributed by atoms with Gasteiger partial charge < -0.3 is 10.4 Å².